The number of amides is 2. The molecule has 7 heteroatoms. The summed E-state index contributed by atoms with van der Waals surface area (Å²) in [6.07, 6.45) is 2.79. The number of carbonyl (C=O) groups is 2. The fraction of sp³-hybridized carbons (Fsp3) is 0.208. The van der Waals surface area contributed by atoms with Crippen molar-refractivity contribution in [1.29, 1.82) is 0 Å². The van der Waals surface area contributed by atoms with Gasteiger partial charge in [0.05, 0.1) is 12.2 Å². The van der Waals surface area contributed by atoms with Gasteiger partial charge in [0, 0.05) is 30.8 Å². The number of pyridine rings is 1. The maximum Gasteiger partial charge on any atom is 0.312 e. The first kappa shape index (κ1) is 20.4. The van der Waals surface area contributed by atoms with Crippen LogP contribution in [0.1, 0.15) is 39.0 Å². The minimum atomic E-state index is -0.548. The van der Waals surface area contributed by atoms with Crippen LogP contribution in [0, 0.1) is 6.92 Å². The van der Waals surface area contributed by atoms with Gasteiger partial charge in [-0.25, -0.2) is 9.78 Å². The largest absolute Gasteiger partial charge is 0.492 e. The van der Waals surface area contributed by atoms with Crippen molar-refractivity contribution in [3.8, 4) is 17.4 Å². The second-order valence-corrected chi connectivity index (χ2v) is 7.41. The van der Waals surface area contributed by atoms with Gasteiger partial charge in [-0.2, -0.15) is 0 Å². The van der Waals surface area contributed by atoms with Crippen LogP contribution in [0.25, 0.3) is 0 Å². The van der Waals surface area contributed by atoms with Gasteiger partial charge in [-0.1, -0.05) is 24.3 Å². The summed E-state index contributed by atoms with van der Waals surface area (Å²) in [5.41, 5.74) is 9.63. The molecule has 1 aromatic heterocycles. The van der Waals surface area contributed by atoms with Crippen LogP contribution in [0.3, 0.4) is 0 Å². The van der Waals surface area contributed by atoms with Gasteiger partial charge >= 0.3 is 6.03 Å². The summed E-state index contributed by atoms with van der Waals surface area (Å²) in [4.78, 5) is 27.3. The molecule has 31 heavy (non-hydrogen) atoms. The minimum Gasteiger partial charge on any atom is -0.492 e. The minimum absolute atomic E-state index is 0.0873. The van der Waals surface area contributed by atoms with Crippen molar-refractivity contribution in [1.82, 2.24) is 10.3 Å². The average Bonchev–Trinajstić information content (AvgIpc) is 2.75. The topological polar surface area (TPSA) is 104 Å². The molecule has 0 aliphatic carbocycles. The normalized spacial score (nSPS) is 12.6. The summed E-state index contributed by atoms with van der Waals surface area (Å²) in [5, 5.41) is 2.60. The lowest BCUT2D eigenvalue weighted by atomic mass is 10.0. The first-order valence-corrected chi connectivity index (χ1v) is 10.0. The Morgan fingerprint density at radius 3 is 2.81 bits per heavy atom. The smallest absolute Gasteiger partial charge is 0.312 e. The number of nitrogens with zero attached hydrogens (tertiary/aromatic N) is 1. The molecule has 0 unspecified atom stereocenters. The zero-order valence-corrected chi connectivity index (χ0v) is 17.2. The molecule has 2 amide bonds. The van der Waals surface area contributed by atoms with Crippen molar-refractivity contribution in [2.75, 3.05) is 6.61 Å². The summed E-state index contributed by atoms with van der Waals surface area (Å²) >= 11 is 0. The van der Waals surface area contributed by atoms with Crippen LogP contribution in [0.15, 0.2) is 54.7 Å². The van der Waals surface area contributed by atoms with Crippen LogP contribution in [-0.2, 0) is 13.0 Å². The van der Waals surface area contributed by atoms with E-state index in [9.17, 15) is 9.59 Å². The Labute approximate surface area is 180 Å². The van der Waals surface area contributed by atoms with Crippen LogP contribution in [0.2, 0.25) is 0 Å². The standard InChI is InChI=1S/C24H23N3O4/c1-15-21(6-5-19-20(28)8-10-30-23(15)19)31-22-13-17(7-9-26-22)11-16-3-2-4-18(12-16)14-27-24(25)29/h2-7,9,12-13H,8,10-11,14H2,1H3,(H3,25,27,29). The maximum absolute atomic E-state index is 12.1. The number of ketones is 1. The molecule has 1 aliphatic heterocycles. The summed E-state index contributed by atoms with van der Waals surface area (Å²) in [7, 11) is 0. The summed E-state index contributed by atoms with van der Waals surface area (Å²) in [6.45, 7) is 2.65. The van der Waals surface area contributed by atoms with Crippen LogP contribution >= 0.6 is 0 Å². The van der Waals surface area contributed by atoms with Crippen molar-refractivity contribution >= 4 is 11.8 Å². The maximum atomic E-state index is 12.1. The average molecular weight is 417 g/mol. The monoisotopic (exact) mass is 417 g/mol. The highest BCUT2D eigenvalue weighted by Crippen LogP contribution is 2.36. The van der Waals surface area contributed by atoms with Gasteiger partial charge in [0.1, 0.15) is 11.5 Å². The Kier molecular flexibility index (Phi) is 5.84. The van der Waals surface area contributed by atoms with Crippen molar-refractivity contribution in [2.24, 2.45) is 5.73 Å². The van der Waals surface area contributed by atoms with Gasteiger partial charge in [-0.15, -0.1) is 0 Å². The van der Waals surface area contributed by atoms with E-state index in [0.29, 0.717) is 48.9 Å². The van der Waals surface area contributed by atoms with E-state index in [1.54, 1.807) is 18.3 Å². The Morgan fingerprint density at radius 2 is 1.97 bits per heavy atom. The van der Waals surface area contributed by atoms with Gasteiger partial charge in [0.2, 0.25) is 5.88 Å². The second kappa shape index (κ2) is 8.87. The molecule has 0 saturated heterocycles. The third-order valence-corrected chi connectivity index (χ3v) is 5.11. The fourth-order valence-electron chi connectivity index (χ4n) is 3.57. The lowest BCUT2D eigenvalue weighted by Crippen LogP contribution is -2.28. The number of ether oxygens (including phenoxy) is 2. The molecule has 0 saturated carbocycles. The molecule has 4 rings (SSSR count). The number of Topliss-reactive ketones (excluding diaryl/α,β-unsaturated/α-hetero) is 1. The van der Waals surface area contributed by atoms with Crippen molar-refractivity contribution < 1.29 is 19.1 Å². The van der Waals surface area contributed by atoms with Gasteiger partial charge in [0.25, 0.3) is 0 Å². The van der Waals surface area contributed by atoms with E-state index in [4.69, 9.17) is 15.2 Å². The van der Waals surface area contributed by atoms with Crippen LogP contribution < -0.4 is 20.5 Å². The number of urea groups is 1. The quantitative estimate of drug-likeness (QED) is 0.633. The van der Waals surface area contributed by atoms with E-state index in [0.717, 1.165) is 22.3 Å². The first-order valence-electron chi connectivity index (χ1n) is 10.0. The number of aromatic nitrogens is 1. The molecular formula is C24H23N3O4. The molecule has 158 valence electrons. The Balaban J connectivity index is 1.50. The molecule has 2 heterocycles. The molecule has 2 aromatic carbocycles. The Hall–Kier alpha value is -3.87. The van der Waals surface area contributed by atoms with E-state index < -0.39 is 6.03 Å². The van der Waals surface area contributed by atoms with Crippen LogP contribution in [-0.4, -0.2) is 23.4 Å². The highest BCUT2D eigenvalue weighted by Gasteiger charge is 2.22. The van der Waals surface area contributed by atoms with Crippen molar-refractivity contribution in [3.05, 3.63) is 82.5 Å². The number of primary amides is 1. The number of rotatable bonds is 6. The molecule has 3 N–H and O–H groups in total. The van der Waals surface area contributed by atoms with Gasteiger partial charge < -0.3 is 20.5 Å². The van der Waals surface area contributed by atoms with Crippen molar-refractivity contribution in [2.45, 2.75) is 26.3 Å². The Bertz CT molecular complexity index is 1140. The number of fused-ring (bicyclic) bond motifs is 1. The molecule has 7 nitrogen and oxygen atoms in total. The highest BCUT2D eigenvalue weighted by atomic mass is 16.5. The first-order chi connectivity index (χ1) is 15.0. The van der Waals surface area contributed by atoms with E-state index in [1.807, 2.05) is 43.3 Å². The third-order valence-electron chi connectivity index (χ3n) is 5.11. The molecule has 1 aliphatic rings. The molecule has 0 fully saturated rings. The lowest BCUT2D eigenvalue weighted by molar-refractivity contribution is 0.0932. The number of benzene rings is 2. The van der Waals surface area contributed by atoms with E-state index in [-0.39, 0.29) is 5.78 Å². The molecule has 0 radical (unpaired) electrons. The predicted molar refractivity (Wildman–Crippen MR) is 116 cm³/mol. The van der Waals surface area contributed by atoms with Crippen LogP contribution in [0.4, 0.5) is 4.79 Å². The van der Waals surface area contributed by atoms with Gasteiger partial charge in [0.15, 0.2) is 5.78 Å². The summed E-state index contributed by atoms with van der Waals surface area (Å²) in [6, 6.07) is 14.7. The van der Waals surface area contributed by atoms with E-state index in [1.165, 1.54) is 0 Å². The third kappa shape index (κ3) is 4.83. The lowest BCUT2D eigenvalue weighted by Gasteiger charge is -2.20. The van der Waals surface area contributed by atoms with Gasteiger partial charge in [-0.3, -0.25) is 4.79 Å². The fourth-order valence-corrected chi connectivity index (χ4v) is 3.57. The van der Waals surface area contributed by atoms with Crippen molar-refractivity contribution in [3.63, 3.8) is 0 Å². The number of nitrogens with one attached hydrogen (secondary N) is 1. The summed E-state index contributed by atoms with van der Waals surface area (Å²) in [5.74, 6) is 1.75. The van der Waals surface area contributed by atoms with Gasteiger partial charge in [-0.05, 0) is 48.2 Å². The summed E-state index contributed by atoms with van der Waals surface area (Å²) < 4.78 is 11.7. The number of carbonyl (C=O) groups excluding carboxylic acids is 2. The number of nitrogens with two attached hydrogens (primary N) is 1. The zero-order valence-electron chi connectivity index (χ0n) is 17.2. The molecule has 0 bridgehead atoms. The Morgan fingerprint density at radius 1 is 1.16 bits per heavy atom. The number of hydrogen-bond donors (Lipinski definition) is 2. The predicted octanol–water partition coefficient (Wildman–Crippen LogP) is 3.91. The second-order valence-electron chi connectivity index (χ2n) is 7.41. The SMILES string of the molecule is Cc1c(Oc2cc(Cc3cccc(CNC(N)=O)c3)ccn2)ccc2c1OCCC2=O. The molecule has 0 spiro atoms. The zero-order chi connectivity index (χ0) is 21.8. The molecule has 3 aromatic rings. The molecular weight excluding hydrogens is 394 g/mol. The van der Waals surface area contributed by atoms with E-state index in [2.05, 4.69) is 10.3 Å². The molecule has 0 atom stereocenters. The van der Waals surface area contributed by atoms with Crippen LogP contribution in [0.5, 0.6) is 17.4 Å². The van der Waals surface area contributed by atoms with E-state index >= 15 is 0 Å². The number of hydrogen-bond acceptors (Lipinski definition) is 5. The highest BCUT2D eigenvalue weighted by molar-refractivity contribution is 6.00.